The smallest absolute Gasteiger partial charge is 0.310 e. The minimum atomic E-state index is -0.698. The first kappa shape index (κ1) is 25.3. The van der Waals surface area contributed by atoms with E-state index in [4.69, 9.17) is 14.6 Å². The van der Waals surface area contributed by atoms with Crippen molar-refractivity contribution in [2.45, 2.75) is 53.5 Å². The number of anilines is 1. The third-order valence-electron chi connectivity index (χ3n) is 7.01. The van der Waals surface area contributed by atoms with Crippen LogP contribution in [0.15, 0.2) is 24.3 Å². The Bertz CT molecular complexity index is 931. The second-order valence-electron chi connectivity index (χ2n) is 8.95. The van der Waals surface area contributed by atoms with Gasteiger partial charge in [0, 0.05) is 28.9 Å². The van der Waals surface area contributed by atoms with Crippen LogP contribution in [0, 0.1) is 11.8 Å². The molecule has 3 fully saturated rings. The van der Waals surface area contributed by atoms with Crippen molar-refractivity contribution in [1.29, 1.82) is 0 Å². The molecule has 1 aromatic rings. The number of nitrogens with one attached hydrogen (secondary N) is 1. The molecule has 3 aliphatic heterocycles. The van der Waals surface area contributed by atoms with Crippen LogP contribution >= 0.6 is 27.7 Å². The van der Waals surface area contributed by atoms with Crippen molar-refractivity contribution in [3.63, 3.8) is 0 Å². The summed E-state index contributed by atoms with van der Waals surface area (Å²) in [6, 6.07) is 6.37. The lowest BCUT2D eigenvalue weighted by molar-refractivity contribution is -0.153. The molecular formula is C24H31BrN2O6S. The summed E-state index contributed by atoms with van der Waals surface area (Å²) >= 11 is 5.32. The second-order valence-corrected chi connectivity index (χ2v) is 11.7. The molecule has 1 aromatic carbocycles. The number of alkyl halides is 1. The molecule has 1 spiro atoms. The van der Waals surface area contributed by atoms with Crippen LogP contribution in [0.1, 0.15) is 32.6 Å². The Labute approximate surface area is 212 Å². The Morgan fingerprint density at radius 3 is 2.65 bits per heavy atom. The van der Waals surface area contributed by atoms with E-state index in [2.05, 4.69) is 21.2 Å². The number of nitrogens with zero attached hydrogens (tertiary/aromatic N) is 1. The van der Waals surface area contributed by atoms with Crippen LogP contribution in [0.3, 0.4) is 0 Å². The number of esters is 1. The van der Waals surface area contributed by atoms with Gasteiger partial charge in [0.1, 0.15) is 11.8 Å². The molecule has 8 nitrogen and oxygen atoms in total. The van der Waals surface area contributed by atoms with Gasteiger partial charge in [0.15, 0.2) is 0 Å². The first-order valence-corrected chi connectivity index (χ1v) is 13.5. The molecule has 0 aromatic heterocycles. The monoisotopic (exact) mass is 554 g/mol. The molecule has 34 heavy (non-hydrogen) atoms. The largest absolute Gasteiger partial charge is 0.497 e. The van der Waals surface area contributed by atoms with Gasteiger partial charge in [0.25, 0.3) is 0 Å². The highest BCUT2D eigenvalue weighted by molar-refractivity contribution is 9.09. The first-order chi connectivity index (χ1) is 16.4. The van der Waals surface area contributed by atoms with Gasteiger partial charge in [-0.25, -0.2) is 0 Å². The van der Waals surface area contributed by atoms with E-state index in [0.29, 0.717) is 37.2 Å². The fraction of sp³-hybridized carbons (Fsp3) is 0.625. The molecule has 3 heterocycles. The van der Waals surface area contributed by atoms with Gasteiger partial charge in [-0.1, -0.05) is 15.9 Å². The third-order valence-corrected chi connectivity index (χ3v) is 10.2. The number of amides is 2. The quantitative estimate of drug-likeness (QED) is 0.260. The summed E-state index contributed by atoms with van der Waals surface area (Å²) in [5.41, 5.74) is 0.619. The Hall–Kier alpha value is -1.78. The number of carbonyl (C=O) groups is 3. The predicted molar refractivity (Wildman–Crippen MR) is 133 cm³/mol. The van der Waals surface area contributed by atoms with Crippen LogP contribution < -0.4 is 10.1 Å². The van der Waals surface area contributed by atoms with E-state index in [9.17, 15) is 14.4 Å². The summed E-state index contributed by atoms with van der Waals surface area (Å²) in [6.45, 7) is 2.51. The molecule has 186 valence electrons. The maximum atomic E-state index is 13.8. The molecule has 3 unspecified atom stereocenters. The van der Waals surface area contributed by atoms with Gasteiger partial charge in [-0.2, -0.15) is 0 Å². The van der Waals surface area contributed by atoms with Gasteiger partial charge >= 0.3 is 5.97 Å². The maximum Gasteiger partial charge on any atom is 0.310 e. The average Bonchev–Trinajstić information content (AvgIpc) is 3.41. The number of ether oxygens (including phenoxy) is 2. The number of fused-ring (bicyclic) bond motifs is 1. The zero-order chi connectivity index (χ0) is 24.5. The standard InChI is InChI=1S/C24H31BrN2O6S/c1-3-33-23(31)17-18-22(30)27(11-5-4-6-12-28)20(24(18)13-16(25)19(17)34-24)21(29)26-14-7-9-15(32-2)10-8-14/h7-10,16-20,28H,3-6,11-13H2,1-2H3,(H,26,29)/t16?,17-,18-,19-,20?,24?/m0/s1. The lowest BCUT2D eigenvalue weighted by Crippen LogP contribution is -2.52. The Balaban J connectivity index is 1.65. The van der Waals surface area contributed by atoms with E-state index in [-0.39, 0.29) is 41.1 Å². The number of aliphatic hydroxyl groups is 1. The summed E-state index contributed by atoms with van der Waals surface area (Å²) in [6.07, 6.45) is 2.70. The highest BCUT2D eigenvalue weighted by Gasteiger charge is 2.75. The highest BCUT2D eigenvalue weighted by atomic mass is 79.9. The van der Waals surface area contributed by atoms with Crippen molar-refractivity contribution < 1.29 is 29.0 Å². The highest BCUT2D eigenvalue weighted by Crippen LogP contribution is 2.67. The zero-order valence-corrected chi connectivity index (χ0v) is 21.8. The number of methoxy groups -OCH3 is 1. The summed E-state index contributed by atoms with van der Waals surface area (Å²) in [7, 11) is 1.58. The van der Waals surface area contributed by atoms with E-state index in [1.54, 1.807) is 55.0 Å². The number of rotatable bonds is 10. The van der Waals surface area contributed by atoms with Gasteiger partial charge in [0.05, 0.1) is 30.3 Å². The fourth-order valence-corrected chi connectivity index (χ4v) is 9.23. The van der Waals surface area contributed by atoms with Crippen molar-refractivity contribution >= 4 is 51.2 Å². The number of carbonyl (C=O) groups excluding carboxylic acids is 3. The van der Waals surface area contributed by atoms with E-state index in [1.807, 2.05) is 0 Å². The zero-order valence-electron chi connectivity index (χ0n) is 19.4. The van der Waals surface area contributed by atoms with Crippen LogP contribution in [0.4, 0.5) is 5.69 Å². The van der Waals surface area contributed by atoms with Crippen LogP contribution in [0.25, 0.3) is 0 Å². The number of likely N-dealkylation sites (tertiary alicyclic amines) is 1. The van der Waals surface area contributed by atoms with Crippen LogP contribution in [0.5, 0.6) is 5.75 Å². The van der Waals surface area contributed by atoms with Crippen molar-refractivity contribution in [2.75, 3.05) is 32.2 Å². The Kier molecular flexibility index (Phi) is 7.79. The van der Waals surface area contributed by atoms with Gasteiger partial charge in [0.2, 0.25) is 11.8 Å². The van der Waals surface area contributed by atoms with Crippen LogP contribution in [-0.2, 0) is 19.1 Å². The van der Waals surface area contributed by atoms with Crippen molar-refractivity contribution in [1.82, 2.24) is 4.90 Å². The molecular weight excluding hydrogens is 524 g/mol. The minimum Gasteiger partial charge on any atom is -0.497 e. The average molecular weight is 555 g/mol. The van der Waals surface area contributed by atoms with E-state index < -0.39 is 22.6 Å². The number of hydrogen-bond acceptors (Lipinski definition) is 7. The maximum absolute atomic E-state index is 13.8. The SMILES string of the molecule is CCOC(=O)[C@H]1[C@H]2C(=O)N(CCCCCO)C(C(=O)Nc3ccc(OC)cc3)C23CC(Br)[C@@H]1S3. The number of benzene rings is 1. The molecule has 3 saturated heterocycles. The number of unbranched alkanes of at least 4 members (excludes halogenated alkanes) is 2. The lowest BCUT2D eigenvalue weighted by Gasteiger charge is -2.35. The molecule has 0 radical (unpaired) electrons. The number of thioether (sulfide) groups is 1. The number of halogens is 1. The summed E-state index contributed by atoms with van der Waals surface area (Å²) in [4.78, 5) is 42.1. The van der Waals surface area contributed by atoms with Gasteiger partial charge < -0.3 is 24.8 Å². The van der Waals surface area contributed by atoms with Gasteiger partial charge in [-0.15, -0.1) is 11.8 Å². The predicted octanol–water partition coefficient (Wildman–Crippen LogP) is 2.82. The Morgan fingerprint density at radius 1 is 1.26 bits per heavy atom. The van der Waals surface area contributed by atoms with Gasteiger partial charge in [-0.3, -0.25) is 14.4 Å². The number of hydrogen-bond donors (Lipinski definition) is 2. The molecule has 4 rings (SSSR count). The lowest BCUT2D eigenvalue weighted by atomic mass is 9.71. The van der Waals surface area contributed by atoms with E-state index in [1.165, 1.54) is 0 Å². The third kappa shape index (κ3) is 4.33. The Morgan fingerprint density at radius 2 is 2.00 bits per heavy atom. The molecule has 0 saturated carbocycles. The minimum absolute atomic E-state index is 0.0154. The van der Waals surface area contributed by atoms with E-state index in [0.717, 1.165) is 6.42 Å². The summed E-state index contributed by atoms with van der Waals surface area (Å²) in [5.74, 6) is -1.23. The number of aliphatic hydroxyl groups excluding tert-OH is 1. The topological polar surface area (TPSA) is 105 Å². The van der Waals surface area contributed by atoms with E-state index >= 15 is 0 Å². The molecule has 3 aliphatic rings. The normalized spacial score (nSPS) is 31.5. The summed E-state index contributed by atoms with van der Waals surface area (Å²) < 4.78 is 9.86. The fourth-order valence-electron chi connectivity index (χ4n) is 5.63. The van der Waals surface area contributed by atoms with Crippen molar-refractivity contribution in [3.05, 3.63) is 24.3 Å². The van der Waals surface area contributed by atoms with Crippen molar-refractivity contribution in [2.24, 2.45) is 11.8 Å². The molecule has 2 bridgehead atoms. The van der Waals surface area contributed by atoms with Crippen molar-refractivity contribution in [3.8, 4) is 5.75 Å². The first-order valence-electron chi connectivity index (χ1n) is 11.7. The second kappa shape index (κ2) is 10.5. The van der Waals surface area contributed by atoms with Crippen LogP contribution in [-0.4, -0.2) is 75.5 Å². The molecule has 10 heteroatoms. The molecule has 2 N–H and O–H groups in total. The van der Waals surface area contributed by atoms with Crippen LogP contribution in [0.2, 0.25) is 0 Å². The molecule has 2 amide bonds. The molecule has 0 aliphatic carbocycles. The van der Waals surface area contributed by atoms with Gasteiger partial charge in [-0.05, 0) is 56.9 Å². The summed E-state index contributed by atoms with van der Waals surface area (Å²) in [5, 5.41) is 12.0. The molecule has 6 atom stereocenters.